The lowest BCUT2D eigenvalue weighted by Gasteiger charge is -2.12. The molecule has 0 aliphatic heterocycles. The molecule has 0 heterocycles. The van der Waals surface area contributed by atoms with Gasteiger partial charge >= 0.3 is 6.11 Å². The fraction of sp³-hybridized carbons (Fsp3) is 0.250. The van der Waals surface area contributed by atoms with Gasteiger partial charge in [-0.3, -0.25) is 0 Å². The topological polar surface area (TPSA) is 9.23 Å². The van der Waals surface area contributed by atoms with Crippen LogP contribution in [0.3, 0.4) is 0 Å². The molecular weight excluding hydrogens is 186 g/mol. The molecule has 0 aromatic heterocycles. The number of hydrogen-bond acceptors (Lipinski definition) is 1. The Morgan fingerprint density at radius 1 is 1.25 bits per heavy atom. The lowest BCUT2D eigenvalue weighted by atomic mass is 10.3. The average molecular weight is 193 g/mol. The number of benzene rings is 1. The molecule has 66 valence electrons. The van der Waals surface area contributed by atoms with Gasteiger partial charge in [-0.05, 0) is 24.3 Å². The summed E-state index contributed by atoms with van der Waals surface area (Å²) in [5.41, 5.74) is 0. The fourth-order valence-electron chi connectivity index (χ4n) is 0.710. The molecule has 1 nitrogen and oxygen atoms in total. The van der Waals surface area contributed by atoms with E-state index in [2.05, 4.69) is 4.74 Å². The SMILES string of the molecule is CC(F)(F)Oc1ccc(Cl)cc1. The van der Waals surface area contributed by atoms with Crippen LogP contribution < -0.4 is 4.74 Å². The van der Waals surface area contributed by atoms with Crippen LogP contribution in [0.5, 0.6) is 5.75 Å². The third kappa shape index (κ3) is 3.05. The first-order chi connectivity index (χ1) is 5.47. The molecule has 0 aliphatic carbocycles. The minimum Gasteiger partial charge on any atom is -0.433 e. The number of hydrogen-bond donors (Lipinski definition) is 0. The van der Waals surface area contributed by atoms with Gasteiger partial charge < -0.3 is 4.74 Å². The van der Waals surface area contributed by atoms with Crippen LogP contribution in [0.15, 0.2) is 24.3 Å². The highest BCUT2D eigenvalue weighted by Gasteiger charge is 2.22. The van der Waals surface area contributed by atoms with Gasteiger partial charge in [0.25, 0.3) is 0 Å². The average Bonchev–Trinajstić information content (AvgIpc) is 1.91. The number of ether oxygens (including phenoxy) is 1. The van der Waals surface area contributed by atoms with Crippen molar-refractivity contribution in [1.29, 1.82) is 0 Å². The molecule has 1 aromatic rings. The lowest BCUT2D eigenvalue weighted by Crippen LogP contribution is -2.18. The Bertz CT molecular complexity index is 253. The number of halogens is 3. The highest BCUT2D eigenvalue weighted by molar-refractivity contribution is 6.30. The van der Waals surface area contributed by atoms with Crippen LogP contribution >= 0.6 is 11.6 Å². The summed E-state index contributed by atoms with van der Waals surface area (Å²) in [6.45, 7) is 0.682. The largest absolute Gasteiger partial charge is 0.433 e. The second-order valence-corrected chi connectivity index (χ2v) is 2.80. The van der Waals surface area contributed by atoms with Crippen LogP contribution in [0.1, 0.15) is 6.92 Å². The van der Waals surface area contributed by atoms with E-state index in [1.54, 1.807) is 0 Å². The van der Waals surface area contributed by atoms with E-state index < -0.39 is 6.11 Å². The van der Waals surface area contributed by atoms with Gasteiger partial charge in [-0.15, -0.1) is 0 Å². The van der Waals surface area contributed by atoms with Gasteiger partial charge in [-0.2, -0.15) is 8.78 Å². The molecule has 12 heavy (non-hydrogen) atoms. The van der Waals surface area contributed by atoms with Gasteiger partial charge in [-0.1, -0.05) is 11.6 Å². The van der Waals surface area contributed by atoms with Gasteiger partial charge in [0.2, 0.25) is 0 Å². The quantitative estimate of drug-likeness (QED) is 0.699. The van der Waals surface area contributed by atoms with Crippen molar-refractivity contribution in [3.8, 4) is 5.75 Å². The predicted octanol–water partition coefficient (Wildman–Crippen LogP) is 3.33. The van der Waals surface area contributed by atoms with Crippen LogP contribution in [0.25, 0.3) is 0 Å². The minimum atomic E-state index is -3.15. The van der Waals surface area contributed by atoms with Crippen molar-refractivity contribution in [1.82, 2.24) is 0 Å². The number of rotatable bonds is 2. The van der Waals surface area contributed by atoms with E-state index in [1.807, 2.05) is 0 Å². The highest BCUT2D eigenvalue weighted by Crippen LogP contribution is 2.22. The van der Waals surface area contributed by atoms with Crippen molar-refractivity contribution in [2.75, 3.05) is 0 Å². The van der Waals surface area contributed by atoms with E-state index in [-0.39, 0.29) is 5.75 Å². The highest BCUT2D eigenvalue weighted by atomic mass is 35.5. The van der Waals surface area contributed by atoms with E-state index >= 15 is 0 Å². The molecule has 0 N–H and O–H groups in total. The van der Waals surface area contributed by atoms with E-state index in [0.717, 1.165) is 0 Å². The number of alkyl halides is 2. The maximum atomic E-state index is 12.3. The molecule has 0 amide bonds. The summed E-state index contributed by atoms with van der Waals surface area (Å²) in [6.07, 6.45) is -3.15. The molecule has 0 fully saturated rings. The molecule has 1 aromatic carbocycles. The third-order valence-electron chi connectivity index (χ3n) is 1.11. The fourth-order valence-corrected chi connectivity index (χ4v) is 0.836. The molecule has 0 atom stereocenters. The van der Waals surface area contributed by atoms with Crippen molar-refractivity contribution >= 4 is 11.6 Å². The van der Waals surface area contributed by atoms with Crippen LogP contribution in [-0.4, -0.2) is 6.11 Å². The first kappa shape index (κ1) is 9.26. The monoisotopic (exact) mass is 192 g/mol. The van der Waals surface area contributed by atoms with Crippen molar-refractivity contribution < 1.29 is 13.5 Å². The summed E-state index contributed by atoms with van der Waals surface area (Å²) in [7, 11) is 0. The smallest absolute Gasteiger partial charge is 0.394 e. The summed E-state index contributed by atoms with van der Waals surface area (Å²) >= 11 is 5.54. The van der Waals surface area contributed by atoms with Crippen LogP contribution in [-0.2, 0) is 0 Å². The van der Waals surface area contributed by atoms with Crippen molar-refractivity contribution in [3.05, 3.63) is 29.3 Å². The van der Waals surface area contributed by atoms with Crippen molar-refractivity contribution in [2.45, 2.75) is 13.0 Å². The van der Waals surface area contributed by atoms with Crippen LogP contribution in [0, 0.1) is 0 Å². The minimum absolute atomic E-state index is 0.104. The Balaban J connectivity index is 2.71. The van der Waals surface area contributed by atoms with E-state index in [4.69, 9.17) is 11.6 Å². The van der Waals surface area contributed by atoms with Crippen molar-refractivity contribution in [3.63, 3.8) is 0 Å². The summed E-state index contributed by atoms with van der Waals surface area (Å²) in [5.74, 6) is 0.104. The molecule has 0 spiro atoms. The summed E-state index contributed by atoms with van der Waals surface area (Å²) in [5, 5.41) is 0.488. The molecule has 4 heteroatoms. The van der Waals surface area contributed by atoms with Gasteiger partial charge in [0.1, 0.15) is 5.75 Å². The Hall–Kier alpha value is -0.830. The van der Waals surface area contributed by atoms with Gasteiger partial charge in [0.15, 0.2) is 0 Å². The molecule has 0 saturated carbocycles. The molecule has 0 unspecified atom stereocenters. The van der Waals surface area contributed by atoms with Gasteiger partial charge in [-0.25, -0.2) is 0 Å². The first-order valence-corrected chi connectivity index (χ1v) is 3.67. The maximum absolute atomic E-state index is 12.3. The molecule has 0 bridgehead atoms. The zero-order chi connectivity index (χ0) is 9.19. The molecular formula is C8H7ClF2O. The van der Waals surface area contributed by atoms with Crippen LogP contribution in [0.4, 0.5) is 8.78 Å². The van der Waals surface area contributed by atoms with E-state index in [1.165, 1.54) is 24.3 Å². The second-order valence-electron chi connectivity index (χ2n) is 2.36. The summed E-state index contributed by atoms with van der Waals surface area (Å²) < 4.78 is 28.8. The molecule has 0 radical (unpaired) electrons. The lowest BCUT2D eigenvalue weighted by molar-refractivity contribution is -0.158. The predicted molar refractivity (Wildman–Crippen MR) is 42.7 cm³/mol. The Labute approximate surface area is 73.9 Å². The standard InChI is InChI=1S/C8H7ClF2O/c1-8(10,11)12-7-4-2-6(9)3-5-7/h2-5H,1H3. The van der Waals surface area contributed by atoms with E-state index in [0.29, 0.717) is 11.9 Å². The third-order valence-corrected chi connectivity index (χ3v) is 1.36. The Kier molecular flexibility index (Phi) is 2.52. The Morgan fingerprint density at radius 3 is 2.17 bits per heavy atom. The zero-order valence-electron chi connectivity index (χ0n) is 6.35. The van der Waals surface area contributed by atoms with Gasteiger partial charge in [0.05, 0.1) is 0 Å². The van der Waals surface area contributed by atoms with Crippen molar-refractivity contribution in [2.24, 2.45) is 0 Å². The summed E-state index contributed by atoms with van der Waals surface area (Å²) in [4.78, 5) is 0. The van der Waals surface area contributed by atoms with Gasteiger partial charge in [0, 0.05) is 11.9 Å². The van der Waals surface area contributed by atoms with Crippen LogP contribution in [0.2, 0.25) is 5.02 Å². The molecule has 0 aliphatic rings. The molecule has 0 saturated heterocycles. The Morgan fingerprint density at radius 2 is 1.75 bits per heavy atom. The maximum Gasteiger partial charge on any atom is 0.394 e. The normalized spacial score (nSPS) is 11.3. The zero-order valence-corrected chi connectivity index (χ0v) is 7.11. The van der Waals surface area contributed by atoms with E-state index in [9.17, 15) is 8.78 Å². The second kappa shape index (κ2) is 3.27. The first-order valence-electron chi connectivity index (χ1n) is 3.30. The molecule has 1 rings (SSSR count). The summed E-state index contributed by atoms with van der Waals surface area (Å²) in [6, 6.07) is 5.75.